The average Bonchev–Trinajstić information content (AvgIpc) is 3.11. The number of nitrogens with one attached hydrogen (secondary N) is 1. The summed E-state index contributed by atoms with van der Waals surface area (Å²) in [7, 11) is 0. The summed E-state index contributed by atoms with van der Waals surface area (Å²) in [6, 6.07) is 12.4. The SMILES string of the molecule is O=C(c1ccc(F)c(F)c1)N1CCC(c2n[nH]c(=O)n2-c2ccccc2)CC1. The third-order valence-electron chi connectivity index (χ3n) is 5.03. The van der Waals surface area contributed by atoms with Crippen molar-refractivity contribution in [3.05, 3.63) is 82.0 Å². The van der Waals surface area contributed by atoms with Crippen molar-refractivity contribution in [2.24, 2.45) is 0 Å². The molecular formula is C20H18F2N4O2. The summed E-state index contributed by atoms with van der Waals surface area (Å²) in [5, 5.41) is 6.70. The van der Waals surface area contributed by atoms with E-state index < -0.39 is 11.6 Å². The van der Waals surface area contributed by atoms with Gasteiger partial charge in [0.15, 0.2) is 11.6 Å². The lowest BCUT2D eigenvalue weighted by Crippen LogP contribution is -2.38. The van der Waals surface area contributed by atoms with Gasteiger partial charge in [0.25, 0.3) is 5.91 Å². The second kappa shape index (κ2) is 7.38. The molecule has 3 aromatic rings. The molecule has 4 rings (SSSR count). The predicted molar refractivity (Wildman–Crippen MR) is 98.4 cm³/mol. The molecule has 1 amide bonds. The molecule has 1 aliphatic heterocycles. The van der Waals surface area contributed by atoms with E-state index in [1.54, 1.807) is 9.47 Å². The quantitative estimate of drug-likeness (QED) is 0.755. The zero-order valence-corrected chi connectivity index (χ0v) is 14.9. The van der Waals surface area contributed by atoms with Gasteiger partial charge in [-0.1, -0.05) is 18.2 Å². The van der Waals surface area contributed by atoms with Gasteiger partial charge in [-0.15, -0.1) is 0 Å². The Balaban J connectivity index is 1.50. The first-order valence-corrected chi connectivity index (χ1v) is 9.01. The molecule has 1 aromatic heterocycles. The van der Waals surface area contributed by atoms with Crippen molar-refractivity contribution in [3.63, 3.8) is 0 Å². The van der Waals surface area contributed by atoms with E-state index in [2.05, 4.69) is 10.2 Å². The zero-order valence-electron chi connectivity index (χ0n) is 14.9. The lowest BCUT2D eigenvalue weighted by molar-refractivity contribution is 0.0710. The molecule has 8 heteroatoms. The van der Waals surface area contributed by atoms with E-state index >= 15 is 0 Å². The van der Waals surface area contributed by atoms with Gasteiger partial charge >= 0.3 is 5.69 Å². The van der Waals surface area contributed by atoms with Crippen LogP contribution in [-0.4, -0.2) is 38.7 Å². The fourth-order valence-corrected chi connectivity index (χ4v) is 3.56. The van der Waals surface area contributed by atoms with Crippen LogP contribution in [0.1, 0.15) is 34.9 Å². The van der Waals surface area contributed by atoms with E-state index in [1.807, 2.05) is 30.3 Å². The van der Waals surface area contributed by atoms with Crippen molar-refractivity contribution >= 4 is 5.91 Å². The number of piperidine rings is 1. The minimum Gasteiger partial charge on any atom is -0.339 e. The van der Waals surface area contributed by atoms with Crippen molar-refractivity contribution in [1.29, 1.82) is 0 Å². The fourth-order valence-electron chi connectivity index (χ4n) is 3.56. The molecule has 28 heavy (non-hydrogen) atoms. The molecule has 0 spiro atoms. The highest BCUT2D eigenvalue weighted by atomic mass is 19.2. The van der Waals surface area contributed by atoms with Crippen molar-refractivity contribution in [2.75, 3.05) is 13.1 Å². The Morgan fingerprint density at radius 2 is 1.75 bits per heavy atom. The molecule has 0 atom stereocenters. The van der Waals surface area contributed by atoms with E-state index in [0.29, 0.717) is 31.8 Å². The van der Waals surface area contributed by atoms with E-state index in [9.17, 15) is 18.4 Å². The molecule has 1 saturated heterocycles. The number of nitrogens with zero attached hydrogens (tertiary/aromatic N) is 3. The molecule has 144 valence electrons. The maximum atomic E-state index is 13.4. The number of para-hydroxylation sites is 1. The molecule has 0 saturated carbocycles. The first-order valence-electron chi connectivity index (χ1n) is 9.01. The van der Waals surface area contributed by atoms with Crippen LogP contribution >= 0.6 is 0 Å². The number of benzene rings is 2. The van der Waals surface area contributed by atoms with Crippen molar-refractivity contribution in [3.8, 4) is 5.69 Å². The monoisotopic (exact) mass is 384 g/mol. The highest BCUT2D eigenvalue weighted by molar-refractivity contribution is 5.94. The van der Waals surface area contributed by atoms with Gasteiger partial charge in [-0.3, -0.25) is 4.79 Å². The van der Waals surface area contributed by atoms with Crippen molar-refractivity contribution in [1.82, 2.24) is 19.7 Å². The summed E-state index contributed by atoms with van der Waals surface area (Å²) in [6.07, 6.45) is 1.24. The number of rotatable bonds is 3. The lowest BCUT2D eigenvalue weighted by atomic mass is 9.95. The Labute approximate surface area is 159 Å². The molecule has 0 unspecified atom stereocenters. The molecule has 6 nitrogen and oxygen atoms in total. The van der Waals surface area contributed by atoms with E-state index in [0.717, 1.165) is 17.8 Å². The van der Waals surface area contributed by atoms with E-state index in [-0.39, 0.29) is 23.1 Å². The first kappa shape index (κ1) is 18.1. The van der Waals surface area contributed by atoms with Gasteiger partial charge in [0.2, 0.25) is 0 Å². The van der Waals surface area contributed by atoms with Crippen LogP contribution in [0.3, 0.4) is 0 Å². The number of aromatic amines is 1. The predicted octanol–water partition coefficient (Wildman–Crippen LogP) is 2.86. The normalized spacial score (nSPS) is 15.0. The molecule has 1 N–H and O–H groups in total. The number of likely N-dealkylation sites (tertiary alicyclic amines) is 1. The number of H-pyrrole nitrogens is 1. The number of hydrogen-bond acceptors (Lipinski definition) is 3. The standard InChI is InChI=1S/C20H18F2N4O2/c21-16-7-6-14(12-17(16)22)19(27)25-10-8-13(9-11-25)18-23-24-20(28)26(18)15-4-2-1-3-5-15/h1-7,12-13H,8-11H2,(H,24,28). The third kappa shape index (κ3) is 3.33. The number of aromatic nitrogens is 3. The van der Waals surface area contributed by atoms with Crippen LogP contribution in [0.5, 0.6) is 0 Å². The Bertz CT molecular complexity index is 1050. The maximum absolute atomic E-state index is 13.4. The fraction of sp³-hybridized carbons (Fsp3) is 0.250. The average molecular weight is 384 g/mol. The summed E-state index contributed by atoms with van der Waals surface area (Å²) >= 11 is 0. The summed E-state index contributed by atoms with van der Waals surface area (Å²) in [4.78, 5) is 26.4. The summed E-state index contributed by atoms with van der Waals surface area (Å²) in [5.41, 5.74) is 0.552. The van der Waals surface area contributed by atoms with Gasteiger partial charge in [0, 0.05) is 24.6 Å². The molecular weight excluding hydrogens is 366 g/mol. The van der Waals surface area contributed by atoms with Crippen LogP contribution in [0, 0.1) is 11.6 Å². The van der Waals surface area contributed by atoms with Crippen LogP contribution in [0.15, 0.2) is 53.3 Å². The van der Waals surface area contributed by atoms with Crippen LogP contribution in [0.4, 0.5) is 8.78 Å². The molecule has 1 fully saturated rings. The smallest absolute Gasteiger partial charge is 0.339 e. The number of halogens is 2. The van der Waals surface area contributed by atoms with Gasteiger partial charge < -0.3 is 4.90 Å². The van der Waals surface area contributed by atoms with Crippen molar-refractivity contribution in [2.45, 2.75) is 18.8 Å². The van der Waals surface area contributed by atoms with Gasteiger partial charge in [0.05, 0.1) is 5.69 Å². The number of amides is 1. The largest absolute Gasteiger partial charge is 0.347 e. The number of carbonyl (C=O) groups excluding carboxylic acids is 1. The Kier molecular flexibility index (Phi) is 4.77. The Hall–Kier alpha value is -3.29. The van der Waals surface area contributed by atoms with E-state index in [4.69, 9.17) is 0 Å². The maximum Gasteiger partial charge on any atom is 0.347 e. The Morgan fingerprint density at radius 3 is 2.43 bits per heavy atom. The molecule has 0 bridgehead atoms. The Morgan fingerprint density at radius 1 is 1.04 bits per heavy atom. The van der Waals surface area contributed by atoms with Crippen LogP contribution in [-0.2, 0) is 0 Å². The summed E-state index contributed by atoms with van der Waals surface area (Å²) in [6.45, 7) is 0.886. The molecule has 0 aliphatic carbocycles. The lowest BCUT2D eigenvalue weighted by Gasteiger charge is -2.31. The summed E-state index contributed by atoms with van der Waals surface area (Å²) in [5.74, 6) is -1.71. The highest BCUT2D eigenvalue weighted by Gasteiger charge is 2.28. The van der Waals surface area contributed by atoms with Gasteiger partial charge in [-0.2, -0.15) is 5.10 Å². The minimum atomic E-state index is -1.04. The molecule has 0 radical (unpaired) electrons. The summed E-state index contributed by atoms with van der Waals surface area (Å²) < 4.78 is 28.0. The van der Waals surface area contributed by atoms with Crippen LogP contribution < -0.4 is 5.69 Å². The highest BCUT2D eigenvalue weighted by Crippen LogP contribution is 2.28. The minimum absolute atomic E-state index is 0.00756. The van der Waals surface area contributed by atoms with E-state index in [1.165, 1.54) is 6.07 Å². The van der Waals surface area contributed by atoms with Gasteiger partial charge in [-0.05, 0) is 43.2 Å². The first-order chi connectivity index (χ1) is 13.5. The second-order valence-corrected chi connectivity index (χ2v) is 6.75. The van der Waals surface area contributed by atoms with Crippen LogP contribution in [0.2, 0.25) is 0 Å². The van der Waals surface area contributed by atoms with Gasteiger partial charge in [0.1, 0.15) is 5.82 Å². The number of hydrogen-bond donors (Lipinski definition) is 1. The molecule has 1 aliphatic rings. The molecule has 2 aromatic carbocycles. The zero-order chi connectivity index (χ0) is 19.7. The number of carbonyl (C=O) groups is 1. The van der Waals surface area contributed by atoms with Gasteiger partial charge in [-0.25, -0.2) is 23.2 Å². The van der Waals surface area contributed by atoms with Crippen molar-refractivity contribution < 1.29 is 13.6 Å². The second-order valence-electron chi connectivity index (χ2n) is 6.75. The third-order valence-corrected chi connectivity index (χ3v) is 5.03. The van der Waals surface area contributed by atoms with Crippen LogP contribution in [0.25, 0.3) is 5.69 Å². The topological polar surface area (TPSA) is 71.0 Å². The molecule has 2 heterocycles.